The highest BCUT2D eigenvalue weighted by Crippen LogP contribution is 2.17. The van der Waals surface area contributed by atoms with Gasteiger partial charge >= 0.3 is 0 Å². The van der Waals surface area contributed by atoms with Crippen molar-refractivity contribution in [3.63, 3.8) is 0 Å². The summed E-state index contributed by atoms with van der Waals surface area (Å²) >= 11 is 0. The number of hydrogen-bond acceptors (Lipinski definition) is 4. The third kappa shape index (κ3) is 6.04. The van der Waals surface area contributed by atoms with E-state index in [1.807, 2.05) is 25.1 Å². The number of hydrogen-bond donors (Lipinski definition) is 2. The molecule has 0 bridgehead atoms. The summed E-state index contributed by atoms with van der Waals surface area (Å²) in [5.41, 5.74) is 2.19. The molecule has 2 N–H and O–H groups in total. The highest BCUT2D eigenvalue weighted by atomic mass is 16.5. The summed E-state index contributed by atoms with van der Waals surface area (Å²) in [5.74, 6) is -0.104. The summed E-state index contributed by atoms with van der Waals surface area (Å²) in [6, 6.07) is 8.26. The van der Waals surface area contributed by atoms with Gasteiger partial charge in [-0.15, -0.1) is 0 Å². The van der Waals surface area contributed by atoms with E-state index in [4.69, 9.17) is 9.84 Å². The Hall–Kier alpha value is -1.85. The van der Waals surface area contributed by atoms with Crippen LogP contribution in [0.4, 0.5) is 5.69 Å². The van der Waals surface area contributed by atoms with Gasteiger partial charge < -0.3 is 20.1 Å². The molecular formula is C18H26N2O3. The molecule has 1 aliphatic rings. The van der Waals surface area contributed by atoms with Gasteiger partial charge in [-0.3, -0.25) is 4.79 Å². The Morgan fingerprint density at radius 1 is 1.35 bits per heavy atom. The van der Waals surface area contributed by atoms with Crippen LogP contribution in [0.25, 0.3) is 6.08 Å². The lowest BCUT2D eigenvalue weighted by Crippen LogP contribution is -2.36. The molecule has 0 radical (unpaired) electrons. The Bertz CT molecular complexity index is 508. The van der Waals surface area contributed by atoms with Crippen LogP contribution in [0.5, 0.6) is 0 Å². The van der Waals surface area contributed by atoms with Crippen LogP contribution in [-0.4, -0.2) is 50.0 Å². The summed E-state index contributed by atoms with van der Waals surface area (Å²) in [7, 11) is 0. The number of nitrogens with zero attached hydrogens (tertiary/aromatic N) is 1. The lowest BCUT2D eigenvalue weighted by atomic mass is 10.1. The molecule has 126 valence electrons. The molecule has 1 aromatic rings. The normalized spacial score (nSPS) is 16.5. The van der Waals surface area contributed by atoms with Crippen LogP contribution in [0.15, 0.2) is 30.3 Å². The summed E-state index contributed by atoms with van der Waals surface area (Å²) in [5, 5.41) is 11.7. The molecule has 1 aromatic carbocycles. The van der Waals surface area contributed by atoms with E-state index in [0.29, 0.717) is 6.42 Å². The topological polar surface area (TPSA) is 61.8 Å². The zero-order valence-electron chi connectivity index (χ0n) is 13.7. The number of carbonyl (C=O) groups excluding carboxylic acids is 1. The molecule has 1 atom stereocenters. The molecule has 1 heterocycles. The molecule has 0 aliphatic carbocycles. The predicted octanol–water partition coefficient (Wildman–Crippen LogP) is 1.81. The molecule has 1 unspecified atom stereocenters. The Kier molecular flexibility index (Phi) is 7.10. The first-order valence-electron chi connectivity index (χ1n) is 8.21. The summed E-state index contributed by atoms with van der Waals surface area (Å²) in [6.45, 7) is 5.49. The molecule has 0 saturated carbocycles. The number of rotatable bonds is 7. The van der Waals surface area contributed by atoms with Gasteiger partial charge in [-0.25, -0.2) is 0 Å². The zero-order valence-corrected chi connectivity index (χ0v) is 13.7. The van der Waals surface area contributed by atoms with E-state index in [2.05, 4.69) is 22.3 Å². The van der Waals surface area contributed by atoms with Crippen molar-refractivity contribution >= 4 is 17.7 Å². The van der Waals surface area contributed by atoms with E-state index >= 15 is 0 Å². The summed E-state index contributed by atoms with van der Waals surface area (Å²) < 4.78 is 5.35. The van der Waals surface area contributed by atoms with Crippen molar-refractivity contribution in [3.05, 3.63) is 35.9 Å². The number of carbonyl (C=O) groups is 1. The minimum Gasteiger partial charge on any atom is -0.396 e. The number of aliphatic hydroxyl groups excluding tert-OH is 1. The van der Waals surface area contributed by atoms with E-state index in [1.54, 1.807) is 6.08 Å². The van der Waals surface area contributed by atoms with Crippen LogP contribution in [0.3, 0.4) is 0 Å². The molecule has 0 aromatic heterocycles. The molecule has 1 amide bonds. The largest absolute Gasteiger partial charge is 0.396 e. The van der Waals surface area contributed by atoms with Crippen LogP contribution < -0.4 is 10.2 Å². The first-order valence-corrected chi connectivity index (χ1v) is 8.21. The number of nitrogens with one attached hydrogen (secondary N) is 1. The van der Waals surface area contributed by atoms with Crippen LogP contribution in [0, 0.1) is 0 Å². The Morgan fingerprint density at radius 2 is 2.04 bits per heavy atom. The average Bonchev–Trinajstić information content (AvgIpc) is 2.59. The zero-order chi connectivity index (χ0) is 16.5. The Labute approximate surface area is 137 Å². The molecule has 1 saturated heterocycles. The van der Waals surface area contributed by atoms with Crippen LogP contribution in [0.1, 0.15) is 25.3 Å². The number of morpholine rings is 1. The standard InChI is InChI=1S/C18H26N2O3/c1-15(3-2-12-21)19-18(22)9-6-16-4-7-17(8-5-16)20-10-13-23-14-11-20/h4-9,15,21H,2-3,10-14H2,1H3,(H,19,22)/b9-6+. The van der Waals surface area contributed by atoms with Crippen molar-refractivity contribution in [3.8, 4) is 0 Å². The second kappa shape index (κ2) is 9.33. The smallest absolute Gasteiger partial charge is 0.244 e. The van der Waals surface area contributed by atoms with E-state index in [0.717, 1.165) is 38.3 Å². The summed E-state index contributed by atoms with van der Waals surface area (Å²) in [4.78, 5) is 14.1. The second-order valence-electron chi connectivity index (χ2n) is 5.80. The van der Waals surface area contributed by atoms with Gasteiger partial charge in [0.25, 0.3) is 0 Å². The maximum Gasteiger partial charge on any atom is 0.244 e. The molecule has 2 rings (SSSR count). The number of benzene rings is 1. The lowest BCUT2D eigenvalue weighted by Gasteiger charge is -2.28. The second-order valence-corrected chi connectivity index (χ2v) is 5.80. The van der Waals surface area contributed by atoms with E-state index in [1.165, 1.54) is 5.69 Å². The van der Waals surface area contributed by atoms with Gasteiger partial charge in [-0.1, -0.05) is 12.1 Å². The van der Waals surface area contributed by atoms with Crippen molar-refractivity contribution in [1.82, 2.24) is 5.32 Å². The van der Waals surface area contributed by atoms with Crippen molar-refractivity contribution in [1.29, 1.82) is 0 Å². The molecular weight excluding hydrogens is 292 g/mol. The first-order chi connectivity index (χ1) is 11.2. The molecule has 23 heavy (non-hydrogen) atoms. The number of anilines is 1. The molecule has 5 heteroatoms. The number of ether oxygens (including phenoxy) is 1. The van der Waals surface area contributed by atoms with Gasteiger partial charge in [0.1, 0.15) is 0 Å². The van der Waals surface area contributed by atoms with Gasteiger partial charge in [0.2, 0.25) is 5.91 Å². The van der Waals surface area contributed by atoms with Gasteiger partial charge in [0.05, 0.1) is 13.2 Å². The van der Waals surface area contributed by atoms with Gasteiger partial charge in [0, 0.05) is 37.5 Å². The van der Waals surface area contributed by atoms with Gasteiger partial charge in [-0.05, 0) is 43.5 Å². The molecule has 0 spiro atoms. The van der Waals surface area contributed by atoms with Gasteiger partial charge in [0.15, 0.2) is 0 Å². The fraction of sp³-hybridized carbons (Fsp3) is 0.500. The monoisotopic (exact) mass is 318 g/mol. The molecule has 1 aliphatic heterocycles. The minimum absolute atomic E-state index is 0.0722. The Balaban J connectivity index is 1.83. The lowest BCUT2D eigenvalue weighted by molar-refractivity contribution is -0.117. The van der Waals surface area contributed by atoms with Crippen LogP contribution in [0.2, 0.25) is 0 Å². The Morgan fingerprint density at radius 3 is 2.70 bits per heavy atom. The minimum atomic E-state index is -0.104. The quantitative estimate of drug-likeness (QED) is 0.753. The van der Waals surface area contributed by atoms with E-state index in [-0.39, 0.29) is 18.6 Å². The summed E-state index contributed by atoms with van der Waals surface area (Å²) in [6.07, 6.45) is 4.86. The number of amides is 1. The SMILES string of the molecule is CC(CCCO)NC(=O)/C=C/c1ccc(N2CCOCC2)cc1. The molecule has 1 fully saturated rings. The first kappa shape index (κ1) is 17.5. The van der Waals surface area contributed by atoms with Crippen molar-refractivity contribution in [2.75, 3.05) is 37.8 Å². The van der Waals surface area contributed by atoms with E-state index < -0.39 is 0 Å². The van der Waals surface area contributed by atoms with Gasteiger partial charge in [-0.2, -0.15) is 0 Å². The third-order valence-corrected chi connectivity index (χ3v) is 3.88. The molecule has 5 nitrogen and oxygen atoms in total. The van der Waals surface area contributed by atoms with Crippen molar-refractivity contribution in [2.24, 2.45) is 0 Å². The van der Waals surface area contributed by atoms with Crippen molar-refractivity contribution < 1.29 is 14.6 Å². The average molecular weight is 318 g/mol. The highest BCUT2D eigenvalue weighted by molar-refractivity contribution is 5.91. The fourth-order valence-corrected chi connectivity index (χ4v) is 2.55. The number of aliphatic hydroxyl groups is 1. The van der Waals surface area contributed by atoms with Crippen molar-refractivity contribution in [2.45, 2.75) is 25.8 Å². The van der Waals surface area contributed by atoms with E-state index in [9.17, 15) is 4.79 Å². The van der Waals surface area contributed by atoms with Crippen LogP contribution in [-0.2, 0) is 9.53 Å². The fourth-order valence-electron chi connectivity index (χ4n) is 2.55. The maximum atomic E-state index is 11.8. The maximum absolute atomic E-state index is 11.8. The van der Waals surface area contributed by atoms with Crippen LogP contribution >= 0.6 is 0 Å². The highest BCUT2D eigenvalue weighted by Gasteiger charge is 2.10. The third-order valence-electron chi connectivity index (χ3n) is 3.88. The predicted molar refractivity (Wildman–Crippen MR) is 92.4 cm³/mol.